The monoisotopic (exact) mass is 731 g/mol. The molecule has 0 amide bonds. The van der Waals surface area contributed by atoms with E-state index in [9.17, 15) is 0 Å². The topological polar surface area (TPSA) is 12.9 Å². The molecule has 0 aliphatic heterocycles. The van der Waals surface area contributed by atoms with Crippen LogP contribution in [0.2, 0.25) is 0 Å². The Morgan fingerprint density at radius 1 is 0.357 bits per heavy atom. The average molecular weight is 732 g/mol. The Labute approximate surface area is 331 Å². The number of hydrogen-bond acceptors (Lipinski definition) is 2. The predicted octanol–water partition coefficient (Wildman–Crippen LogP) is 15.2. The number of fused-ring (bicyclic) bond motifs is 7. The highest BCUT2D eigenvalue weighted by Crippen LogP contribution is 2.53. The first kappa shape index (κ1) is 32.8. The third kappa shape index (κ3) is 5.03. The average Bonchev–Trinajstić information content (AvgIpc) is 3.76. The van der Waals surface area contributed by atoms with Gasteiger partial charge in [-0.25, -0.2) is 4.98 Å². The van der Waals surface area contributed by atoms with Crippen molar-refractivity contribution in [3.63, 3.8) is 0 Å². The second-order valence-corrected chi connectivity index (χ2v) is 16.5. The Kier molecular flexibility index (Phi) is 7.45. The summed E-state index contributed by atoms with van der Waals surface area (Å²) in [6, 6.07) is 68.7. The minimum absolute atomic E-state index is 0.0593. The third-order valence-electron chi connectivity index (χ3n) is 11.9. The number of nitrogens with zero attached hydrogens (tertiary/aromatic N) is 1. The zero-order valence-corrected chi connectivity index (χ0v) is 32.1. The quantitative estimate of drug-likeness (QED) is 0.172. The van der Waals surface area contributed by atoms with Crippen LogP contribution in [0.3, 0.4) is 0 Å². The van der Waals surface area contributed by atoms with Crippen LogP contribution in [-0.2, 0) is 5.41 Å². The van der Waals surface area contributed by atoms with Gasteiger partial charge < -0.3 is 0 Å². The zero-order chi connectivity index (χ0) is 37.4. The maximum absolute atomic E-state index is 5.57. The largest absolute Gasteiger partial charge is 0.248 e. The maximum Gasteiger partial charge on any atom is 0.0730 e. The highest BCUT2D eigenvalue weighted by atomic mass is 32.1. The Morgan fingerprint density at radius 2 is 0.857 bits per heavy atom. The molecule has 0 fully saturated rings. The van der Waals surface area contributed by atoms with Gasteiger partial charge in [0.1, 0.15) is 0 Å². The van der Waals surface area contributed by atoms with Crippen LogP contribution in [0.15, 0.2) is 188 Å². The highest BCUT2D eigenvalue weighted by Gasteiger charge is 2.36. The van der Waals surface area contributed by atoms with Crippen LogP contribution >= 0.6 is 11.3 Å². The highest BCUT2D eigenvalue weighted by molar-refractivity contribution is 7.26. The Bertz CT molecular complexity index is 3150. The number of thiophene rings is 1. The lowest BCUT2D eigenvalue weighted by molar-refractivity contribution is 0.660. The van der Waals surface area contributed by atoms with Gasteiger partial charge in [-0.05, 0) is 78.5 Å². The van der Waals surface area contributed by atoms with Gasteiger partial charge in [-0.1, -0.05) is 190 Å². The summed E-state index contributed by atoms with van der Waals surface area (Å²) in [5, 5.41) is 4.98. The molecular formula is C54H37NS. The molecule has 0 saturated heterocycles. The van der Waals surface area contributed by atoms with E-state index in [1.165, 1.54) is 81.0 Å². The van der Waals surface area contributed by atoms with Crippen LogP contribution < -0.4 is 0 Å². The normalized spacial score (nSPS) is 13.0. The standard InChI is InChI=1S/C54H37NS/c1-54(2)47-28-12-11-22-45(47)51-42(24-15-29-48(51)54)40-30-31-41(39-21-10-9-20-38(39)40)49-32-36(34-16-5-3-6-17-34)33-50(55-49)46-27-14-26-44-43-25-13-23-37(52(43)56-53(44)46)35-18-7-4-8-19-35/h3-33H,1-2H3. The molecule has 2 aromatic heterocycles. The third-order valence-corrected chi connectivity index (χ3v) is 13.2. The van der Waals surface area contributed by atoms with E-state index >= 15 is 0 Å². The predicted molar refractivity (Wildman–Crippen MR) is 239 cm³/mol. The molecule has 8 aromatic carbocycles. The van der Waals surface area contributed by atoms with Gasteiger partial charge in [-0.3, -0.25) is 0 Å². The van der Waals surface area contributed by atoms with Crippen LogP contribution in [0, 0.1) is 0 Å². The van der Waals surface area contributed by atoms with Gasteiger partial charge >= 0.3 is 0 Å². The van der Waals surface area contributed by atoms with Crippen molar-refractivity contribution in [2.75, 3.05) is 0 Å². The number of benzene rings is 8. The van der Waals surface area contributed by atoms with Gasteiger partial charge in [0.15, 0.2) is 0 Å². The second kappa shape index (κ2) is 12.7. The maximum atomic E-state index is 5.57. The van der Waals surface area contributed by atoms with E-state index in [-0.39, 0.29) is 5.41 Å². The van der Waals surface area contributed by atoms with Crippen molar-refractivity contribution < 1.29 is 0 Å². The molecule has 0 saturated carbocycles. The Hall–Kier alpha value is -6.61. The first-order valence-corrected chi connectivity index (χ1v) is 20.2. The molecule has 1 aliphatic carbocycles. The summed E-state index contributed by atoms with van der Waals surface area (Å²) < 4.78 is 2.57. The van der Waals surface area contributed by atoms with Gasteiger partial charge in [-0.2, -0.15) is 0 Å². The van der Waals surface area contributed by atoms with Crippen LogP contribution in [0.1, 0.15) is 25.0 Å². The molecule has 264 valence electrons. The Morgan fingerprint density at radius 3 is 1.61 bits per heavy atom. The molecule has 0 unspecified atom stereocenters. The van der Waals surface area contributed by atoms with Crippen LogP contribution in [0.4, 0.5) is 0 Å². The summed E-state index contributed by atoms with van der Waals surface area (Å²) in [5.74, 6) is 0. The fraction of sp³-hybridized carbons (Fsp3) is 0.0556. The van der Waals surface area contributed by atoms with Crippen molar-refractivity contribution in [1.29, 1.82) is 0 Å². The molecule has 11 rings (SSSR count). The lowest BCUT2D eigenvalue weighted by Crippen LogP contribution is -2.14. The summed E-state index contributed by atoms with van der Waals surface area (Å²) in [7, 11) is 0. The van der Waals surface area contributed by atoms with Crippen molar-refractivity contribution in [3.05, 3.63) is 199 Å². The molecular weight excluding hydrogens is 695 g/mol. The van der Waals surface area contributed by atoms with Crippen molar-refractivity contribution in [2.24, 2.45) is 0 Å². The van der Waals surface area contributed by atoms with E-state index in [2.05, 4.69) is 202 Å². The van der Waals surface area contributed by atoms with E-state index in [0.29, 0.717) is 0 Å². The molecule has 2 heterocycles. The Balaban J connectivity index is 1.13. The fourth-order valence-electron chi connectivity index (χ4n) is 9.21. The zero-order valence-electron chi connectivity index (χ0n) is 31.3. The lowest BCUT2D eigenvalue weighted by Gasteiger charge is -2.22. The van der Waals surface area contributed by atoms with Crippen molar-refractivity contribution in [3.8, 4) is 67.0 Å². The number of pyridine rings is 1. The minimum Gasteiger partial charge on any atom is -0.248 e. The van der Waals surface area contributed by atoms with Crippen LogP contribution in [0.5, 0.6) is 0 Å². The molecule has 0 N–H and O–H groups in total. The van der Waals surface area contributed by atoms with Gasteiger partial charge in [0.05, 0.1) is 11.4 Å². The van der Waals surface area contributed by atoms with Crippen molar-refractivity contribution in [2.45, 2.75) is 19.3 Å². The minimum atomic E-state index is -0.0593. The van der Waals surface area contributed by atoms with Gasteiger partial charge in [0.2, 0.25) is 0 Å². The SMILES string of the molecule is CC1(C)c2ccccc2-c2c(-c3ccc(-c4cc(-c5ccccc5)cc(-c5cccc6c5sc5c(-c7ccccc7)cccc56)n4)c4ccccc34)cccc21. The first-order chi connectivity index (χ1) is 27.5. The smallest absolute Gasteiger partial charge is 0.0730 e. The summed E-state index contributed by atoms with van der Waals surface area (Å²) >= 11 is 1.87. The first-order valence-electron chi connectivity index (χ1n) is 19.4. The van der Waals surface area contributed by atoms with Gasteiger partial charge in [0, 0.05) is 36.7 Å². The number of rotatable bonds is 5. The molecule has 0 radical (unpaired) electrons. The molecule has 0 atom stereocenters. The van der Waals surface area contributed by atoms with Crippen LogP contribution in [0.25, 0.3) is 98.0 Å². The molecule has 56 heavy (non-hydrogen) atoms. The molecule has 2 heteroatoms. The molecule has 1 aliphatic rings. The van der Waals surface area contributed by atoms with E-state index in [0.717, 1.165) is 28.1 Å². The van der Waals surface area contributed by atoms with E-state index in [1.807, 2.05) is 11.3 Å². The summed E-state index contributed by atoms with van der Waals surface area (Å²) in [5.41, 5.74) is 17.0. The van der Waals surface area contributed by atoms with Crippen molar-refractivity contribution >= 4 is 42.3 Å². The summed E-state index contributed by atoms with van der Waals surface area (Å²) in [6.45, 7) is 4.71. The van der Waals surface area contributed by atoms with Gasteiger partial charge in [-0.15, -0.1) is 11.3 Å². The number of aromatic nitrogens is 1. The van der Waals surface area contributed by atoms with E-state index in [4.69, 9.17) is 4.98 Å². The fourth-order valence-corrected chi connectivity index (χ4v) is 10.6. The molecule has 0 bridgehead atoms. The van der Waals surface area contributed by atoms with Crippen molar-refractivity contribution in [1.82, 2.24) is 4.98 Å². The second-order valence-electron chi connectivity index (χ2n) is 15.4. The summed E-state index contributed by atoms with van der Waals surface area (Å²) in [4.78, 5) is 5.57. The van der Waals surface area contributed by atoms with Crippen LogP contribution in [-0.4, -0.2) is 4.98 Å². The lowest BCUT2D eigenvalue weighted by atomic mass is 9.81. The van der Waals surface area contributed by atoms with E-state index < -0.39 is 0 Å². The summed E-state index contributed by atoms with van der Waals surface area (Å²) in [6.07, 6.45) is 0. The van der Waals surface area contributed by atoms with E-state index in [1.54, 1.807) is 0 Å². The molecule has 0 spiro atoms. The molecule has 1 nitrogen and oxygen atoms in total. The number of hydrogen-bond donors (Lipinski definition) is 0. The van der Waals surface area contributed by atoms with Gasteiger partial charge in [0.25, 0.3) is 0 Å². The molecule has 10 aromatic rings.